The maximum atomic E-state index is 11.1. The third-order valence-corrected chi connectivity index (χ3v) is 6.62. The van der Waals surface area contributed by atoms with Crippen LogP contribution in [0.4, 0.5) is 0 Å². The smallest absolute Gasteiger partial charge is 0.304 e. The normalized spacial score (nSPS) is 18.8. The Kier molecular flexibility index (Phi) is 5.38. The largest absolute Gasteiger partial charge is 0.492 e. The zero-order chi connectivity index (χ0) is 22.2. The van der Waals surface area contributed by atoms with E-state index in [-0.39, 0.29) is 18.4 Å². The number of rotatable bonds is 6. The predicted molar refractivity (Wildman–Crippen MR) is 125 cm³/mol. The lowest BCUT2D eigenvalue weighted by Crippen LogP contribution is -2.07. The second-order valence-electron chi connectivity index (χ2n) is 9.11. The molecule has 164 valence electrons. The number of fused-ring (bicyclic) bond motifs is 2. The molecule has 4 nitrogen and oxygen atoms in total. The first-order valence-corrected chi connectivity index (χ1v) is 11.4. The van der Waals surface area contributed by atoms with Crippen LogP contribution in [-0.2, 0) is 11.2 Å². The van der Waals surface area contributed by atoms with Crippen LogP contribution in [0.1, 0.15) is 66.9 Å². The van der Waals surface area contributed by atoms with Gasteiger partial charge in [-0.1, -0.05) is 62.4 Å². The fraction of sp³-hybridized carbons (Fsp3) is 0.321. The van der Waals surface area contributed by atoms with E-state index in [1.54, 1.807) is 0 Å². The summed E-state index contributed by atoms with van der Waals surface area (Å²) in [5, 5.41) is 9.09. The van der Waals surface area contributed by atoms with Crippen molar-refractivity contribution in [1.82, 2.24) is 0 Å². The number of aliphatic carboxylic acids is 1. The molecule has 0 amide bonds. The highest BCUT2D eigenvalue weighted by atomic mass is 16.5. The van der Waals surface area contributed by atoms with E-state index in [4.69, 9.17) is 14.6 Å². The van der Waals surface area contributed by atoms with Crippen LogP contribution < -0.4 is 9.47 Å². The lowest BCUT2D eigenvalue weighted by Gasteiger charge is -2.17. The quantitative estimate of drug-likeness (QED) is 0.487. The van der Waals surface area contributed by atoms with Crippen LogP contribution in [0.25, 0.3) is 11.1 Å². The summed E-state index contributed by atoms with van der Waals surface area (Å²) in [6.45, 7) is 4.89. The molecule has 2 aliphatic rings. The Morgan fingerprint density at radius 1 is 1.09 bits per heavy atom. The van der Waals surface area contributed by atoms with Gasteiger partial charge in [0.25, 0.3) is 0 Å². The minimum absolute atomic E-state index is 0.0219. The Balaban J connectivity index is 1.36. The van der Waals surface area contributed by atoms with E-state index in [9.17, 15) is 4.79 Å². The third kappa shape index (κ3) is 3.86. The van der Waals surface area contributed by atoms with Crippen molar-refractivity contribution in [2.75, 3.05) is 6.61 Å². The topological polar surface area (TPSA) is 55.8 Å². The molecular weight excluding hydrogens is 400 g/mol. The highest BCUT2D eigenvalue weighted by molar-refractivity contribution is 5.70. The standard InChI is InChI=1S/C28H28O4/c1-17(2)22-5-3-4-6-23(22)18-7-10-24-19(13-18)8-12-26(24)32-21-9-11-25-20(14-28(29)30)16-31-27(25)15-21/h3-7,9-11,13,15,17,20,26H,8,12,14,16H2,1-2H3,(H,29,30). The van der Waals surface area contributed by atoms with Crippen LogP contribution in [0.2, 0.25) is 0 Å². The van der Waals surface area contributed by atoms with Gasteiger partial charge in [-0.25, -0.2) is 0 Å². The van der Waals surface area contributed by atoms with Gasteiger partial charge in [0.05, 0.1) is 13.0 Å². The molecule has 0 saturated heterocycles. The van der Waals surface area contributed by atoms with Crippen molar-refractivity contribution in [2.45, 2.75) is 51.0 Å². The first-order chi connectivity index (χ1) is 15.5. The molecular formula is C28H28O4. The summed E-state index contributed by atoms with van der Waals surface area (Å²) in [5.41, 5.74) is 7.51. The molecule has 0 aromatic heterocycles. The van der Waals surface area contributed by atoms with E-state index >= 15 is 0 Å². The minimum Gasteiger partial charge on any atom is -0.492 e. The Morgan fingerprint density at radius 3 is 2.72 bits per heavy atom. The number of benzene rings is 3. The second kappa shape index (κ2) is 8.34. The molecule has 2 unspecified atom stereocenters. The summed E-state index contributed by atoms with van der Waals surface area (Å²) in [4.78, 5) is 11.1. The fourth-order valence-corrected chi connectivity index (χ4v) is 5.01. The van der Waals surface area contributed by atoms with E-state index in [0.29, 0.717) is 12.5 Å². The summed E-state index contributed by atoms with van der Waals surface area (Å²) in [7, 11) is 0. The molecule has 1 aliphatic carbocycles. The molecule has 0 spiro atoms. The molecule has 0 fully saturated rings. The van der Waals surface area contributed by atoms with Gasteiger partial charge < -0.3 is 14.6 Å². The molecule has 4 heteroatoms. The van der Waals surface area contributed by atoms with Gasteiger partial charge in [-0.2, -0.15) is 0 Å². The molecule has 1 heterocycles. The lowest BCUT2D eigenvalue weighted by molar-refractivity contribution is -0.137. The average Bonchev–Trinajstić information content (AvgIpc) is 3.37. The summed E-state index contributed by atoms with van der Waals surface area (Å²) in [6, 6.07) is 21.2. The number of hydrogen-bond acceptors (Lipinski definition) is 3. The first kappa shape index (κ1) is 20.6. The van der Waals surface area contributed by atoms with Gasteiger partial charge in [0.15, 0.2) is 0 Å². The van der Waals surface area contributed by atoms with Gasteiger partial charge in [0, 0.05) is 17.5 Å². The lowest BCUT2D eigenvalue weighted by atomic mass is 9.91. The molecule has 0 radical (unpaired) electrons. The van der Waals surface area contributed by atoms with Crippen molar-refractivity contribution in [1.29, 1.82) is 0 Å². The van der Waals surface area contributed by atoms with Gasteiger partial charge in [-0.15, -0.1) is 0 Å². The van der Waals surface area contributed by atoms with Crippen molar-refractivity contribution in [3.63, 3.8) is 0 Å². The van der Waals surface area contributed by atoms with Crippen molar-refractivity contribution in [3.05, 3.63) is 82.9 Å². The summed E-state index contributed by atoms with van der Waals surface area (Å²) >= 11 is 0. The minimum atomic E-state index is -0.801. The monoisotopic (exact) mass is 428 g/mol. The van der Waals surface area contributed by atoms with Crippen LogP contribution in [0.3, 0.4) is 0 Å². The number of hydrogen-bond donors (Lipinski definition) is 1. The predicted octanol–water partition coefficient (Wildman–Crippen LogP) is 6.49. The number of aryl methyl sites for hydroxylation is 1. The van der Waals surface area contributed by atoms with E-state index < -0.39 is 5.97 Å². The second-order valence-corrected chi connectivity index (χ2v) is 9.11. The zero-order valence-corrected chi connectivity index (χ0v) is 18.5. The van der Waals surface area contributed by atoms with Gasteiger partial charge in [0.2, 0.25) is 0 Å². The first-order valence-electron chi connectivity index (χ1n) is 11.4. The van der Waals surface area contributed by atoms with Crippen LogP contribution in [-0.4, -0.2) is 17.7 Å². The van der Waals surface area contributed by atoms with E-state index in [1.807, 2.05) is 18.2 Å². The fourth-order valence-electron chi connectivity index (χ4n) is 5.01. The maximum Gasteiger partial charge on any atom is 0.304 e. The Bertz CT molecular complexity index is 1160. The zero-order valence-electron chi connectivity index (χ0n) is 18.5. The van der Waals surface area contributed by atoms with Crippen LogP contribution in [0.15, 0.2) is 60.7 Å². The van der Waals surface area contributed by atoms with Crippen molar-refractivity contribution in [2.24, 2.45) is 0 Å². The molecule has 3 aromatic carbocycles. The highest BCUT2D eigenvalue weighted by Gasteiger charge is 2.28. The Labute approximate surface area is 188 Å². The maximum absolute atomic E-state index is 11.1. The summed E-state index contributed by atoms with van der Waals surface area (Å²) in [6.07, 6.45) is 2.06. The van der Waals surface area contributed by atoms with Crippen molar-refractivity contribution < 1.29 is 19.4 Å². The van der Waals surface area contributed by atoms with Crippen molar-refractivity contribution >= 4 is 5.97 Å². The Morgan fingerprint density at radius 2 is 1.91 bits per heavy atom. The van der Waals surface area contributed by atoms with Gasteiger partial charge in [0.1, 0.15) is 17.6 Å². The average molecular weight is 429 g/mol. The van der Waals surface area contributed by atoms with E-state index in [1.165, 1.54) is 27.8 Å². The summed E-state index contributed by atoms with van der Waals surface area (Å²) < 4.78 is 12.1. The molecule has 0 bridgehead atoms. The van der Waals surface area contributed by atoms with Crippen LogP contribution in [0.5, 0.6) is 11.5 Å². The molecule has 1 aliphatic heterocycles. The molecule has 0 saturated carbocycles. The molecule has 5 rings (SSSR count). The van der Waals surface area contributed by atoms with E-state index in [0.717, 1.165) is 29.9 Å². The van der Waals surface area contributed by atoms with Gasteiger partial charge in [-0.05, 0) is 52.6 Å². The summed E-state index contributed by atoms with van der Waals surface area (Å²) in [5.74, 6) is 1.10. The molecule has 2 atom stereocenters. The van der Waals surface area contributed by atoms with Crippen LogP contribution >= 0.6 is 0 Å². The Hall–Kier alpha value is -3.27. The van der Waals surface area contributed by atoms with Crippen molar-refractivity contribution in [3.8, 4) is 22.6 Å². The van der Waals surface area contributed by atoms with Gasteiger partial charge in [-0.3, -0.25) is 4.79 Å². The van der Waals surface area contributed by atoms with E-state index in [2.05, 4.69) is 56.3 Å². The van der Waals surface area contributed by atoms with Crippen LogP contribution in [0, 0.1) is 0 Å². The number of carboxylic acid groups (broad SMARTS) is 1. The molecule has 1 N–H and O–H groups in total. The number of carbonyl (C=O) groups is 1. The number of carboxylic acids is 1. The molecule has 3 aromatic rings. The molecule has 32 heavy (non-hydrogen) atoms. The third-order valence-electron chi connectivity index (χ3n) is 6.62. The number of ether oxygens (including phenoxy) is 2. The SMILES string of the molecule is CC(C)c1ccccc1-c1ccc2c(c1)CCC2Oc1ccc2c(c1)OCC2CC(=O)O. The van der Waals surface area contributed by atoms with Gasteiger partial charge >= 0.3 is 5.97 Å². The highest BCUT2D eigenvalue weighted by Crippen LogP contribution is 2.42.